The first-order valence-corrected chi connectivity index (χ1v) is 13.8. The van der Waals surface area contributed by atoms with Gasteiger partial charge in [0.15, 0.2) is 0 Å². The molecule has 5 rings (SSSR count). The Labute approximate surface area is 244 Å². The standard InChI is InChI=1S/C29H16ClF6NO5S/c1-13-9-17(14-3-6-18(30)22(11-14)41-2)19(31)12-21(13)37-20-7-5-16(10-15(20)4-8-23(37)38)43(39,40)42-29-27(35)25(33)24(32)26(34)28(29)36/h3-12H,1-2H3. The Morgan fingerprint density at radius 1 is 0.791 bits per heavy atom. The van der Waals surface area contributed by atoms with Gasteiger partial charge in [0.1, 0.15) is 16.5 Å². The van der Waals surface area contributed by atoms with Gasteiger partial charge in [-0.25, -0.2) is 17.6 Å². The van der Waals surface area contributed by atoms with Crippen LogP contribution in [0.5, 0.6) is 11.5 Å². The monoisotopic (exact) mass is 639 g/mol. The van der Waals surface area contributed by atoms with E-state index < -0.39 is 61.2 Å². The zero-order valence-corrected chi connectivity index (χ0v) is 23.4. The van der Waals surface area contributed by atoms with Crippen molar-refractivity contribution in [2.45, 2.75) is 11.8 Å². The van der Waals surface area contributed by atoms with E-state index >= 15 is 4.39 Å². The third-order valence-electron chi connectivity index (χ3n) is 6.51. The van der Waals surface area contributed by atoms with Gasteiger partial charge in [-0.2, -0.15) is 17.2 Å². The van der Waals surface area contributed by atoms with Crippen LogP contribution in [0.1, 0.15) is 5.56 Å². The third kappa shape index (κ3) is 5.19. The number of aryl methyl sites for hydroxylation is 1. The molecule has 6 nitrogen and oxygen atoms in total. The van der Waals surface area contributed by atoms with E-state index in [-0.39, 0.29) is 22.2 Å². The topological polar surface area (TPSA) is 74.6 Å². The summed E-state index contributed by atoms with van der Waals surface area (Å²) in [5.74, 6) is -14.6. The predicted octanol–water partition coefficient (Wildman–Crippen LogP) is 7.23. The maximum atomic E-state index is 15.4. The maximum Gasteiger partial charge on any atom is 0.339 e. The fourth-order valence-corrected chi connectivity index (χ4v) is 5.57. The van der Waals surface area contributed by atoms with Crippen molar-refractivity contribution < 1.29 is 43.7 Å². The fraction of sp³-hybridized carbons (Fsp3) is 0.0690. The van der Waals surface area contributed by atoms with Gasteiger partial charge in [-0.05, 0) is 66.6 Å². The number of aromatic nitrogens is 1. The molecule has 222 valence electrons. The van der Waals surface area contributed by atoms with Crippen molar-refractivity contribution in [3.05, 3.63) is 117 Å². The van der Waals surface area contributed by atoms with Gasteiger partial charge in [0.05, 0.1) is 23.3 Å². The first-order valence-electron chi connectivity index (χ1n) is 12.0. The van der Waals surface area contributed by atoms with Crippen LogP contribution in [-0.2, 0) is 10.1 Å². The average molecular weight is 640 g/mol. The highest BCUT2D eigenvalue weighted by Gasteiger charge is 2.31. The van der Waals surface area contributed by atoms with E-state index in [4.69, 9.17) is 16.3 Å². The highest BCUT2D eigenvalue weighted by atomic mass is 35.5. The Hall–Kier alpha value is -4.49. The molecular weight excluding hydrogens is 624 g/mol. The van der Waals surface area contributed by atoms with Gasteiger partial charge in [0, 0.05) is 17.0 Å². The molecule has 0 N–H and O–H groups in total. The van der Waals surface area contributed by atoms with Crippen molar-refractivity contribution in [1.82, 2.24) is 4.57 Å². The van der Waals surface area contributed by atoms with Crippen LogP contribution in [0, 0.1) is 41.8 Å². The molecule has 0 spiro atoms. The summed E-state index contributed by atoms with van der Waals surface area (Å²) in [6, 6.07) is 12.6. The number of hydrogen-bond donors (Lipinski definition) is 0. The number of rotatable bonds is 6. The number of nitrogens with zero attached hydrogens (tertiary/aromatic N) is 1. The normalized spacial score (nSPS) is 11.7. The molecule has 0 aliphatic rings. The van der Waals surface area contributed by atoms with Gasteiger partial charge in [-0.15, -0.1) is 0 Å². The van der Waals surface area contributed by atoms with Crippen LogP contribution in [0.3, 0.4) is 0 Å². The second kappa shape index (κ2) is 11.0. The lowest BCUT2D eigenvalue weighted by Gasteiger charge is -2.16. The number of fused-ring (bicyclic) bond motifs is 1. The Morgan fingerprint density at radius 2 is 1.44 bits per heavy atom. The van der Waals surface area contributed by atoms with E-state index in [9.17, 15) is 35.2 Å². The van der Waals surface area contributed by atoms with Crippen LogP contribution >= 0.6 is 11.6 Å². The zero-order chi connectivity index (χ0) is 31.4. The highest BCUT2D eigenvalue weighted by Crippen LogP contribution is 2.35. The molecule has 0 amide bonds. The average Bonchev–Trinajstić information content (AvgIpc) is 2.98. The Balaban J connectivity index is 1.59. The molecule has 0 fully saturated rings. The molecule has 0 saturated carbocycles. The van der Waals surface area contributed by atoms with Gasteiger partial charge < -0.3 is 8.92 Å². The molecule has 0 aliphatic carbocycles. The van der Waals surface area contributed by atoms with E-state index in [0.29, 0.717) is 21.9 Å². The summed E-state index contributed by atoms with van der Waals surface area (Å²) in [6.07, 6.45) is 0. The molecule has 0 radical (unpaired) electrons. The van der Waals surface area contributed by atoms with Crippen molar-refractivity contribution in [3.8, 4) is 28.3 Å². The molecule has 14 heteroatoms. The van der Waals surface area contributed by atoms with Crippen molar-refractivity contribution in [2.75, 3.05) is 7.11 Å². The number of hydrogen-bond acceptors (Lipinski definition) is 5. The number of benzene rings is 4. The van der Waals surface area contributed by atoms with Crippen LogP contribution in [0.2, 0.25) is 5.02 Å². The zero-order valence-electron chi connectivity index (χ0n) is 21.8. The molecule has 1 heterocycles. The van der Waals surface area contributed by atoms with E-state index in [2.05, 4.69) is 4.18 Å². The summed E-state index contributed by atoms with van der Waals surface area (Å²) in [6.45, 7) is 1.62. The second-order valence-electron chi connectivity index (χ2n) is 9.13. The molecule has 43 heavy (non-hydrogen) atoms. The molecule has 0 unspecified atom stereocenters. The Bertz CT molecular complexity index is 2110. The smallest absolute Gasteiger partial charge is 0.339 e. The third-order valence-corrected chi connectivity index (χ3v) is 8.04. The lowest BCUT2D eigenvalue weighted by molar-refractivity contribution is 0.346. The van der Waals surface area contributed by atoms with Crippen LogP contribution in [0.4, 0.5) is 26.3 Å². The van der Waals surface area contributed by atoms with Crippen molar-refractivity contribution in [2.24, 2.45) is 0 Å². The summed E-state index contributed by atoms with van der Waals surface area (Å²) >= 11 is 6.07. The molecule has 5 aromatic rings. The summed E-state index contributed by atoms with van der Waals surface area (Å²) < 4.78 is 120. The highest BCUT2D eigenvalue weighted by molar-refractivity contribution is 7.87. The minimum absolute atomic E-state index is 0.0769. The van der Waals surface area contributed by atoms with Gasteiger partial charge in [0.25, 0.3) is 5.56 Å². The molecule has 1 aromatic heterocycles. The van der Waals surface area contributed by atoms with Gasteiger partial charge in [-0.1, -0.05) is 17.7 Å². The van der Waals surface area contributed by atoms with Crippen LogP contribution in [-0.4, -0.2) is 20.1 Å². The molecule has 0 bridgehead atoms. The van der Waals surface area contributed by atoms with Gasteiger partial charge in [-0.3, -0.25) is 9.36 Å². The molecule has 0 aliphatic heterocycles. The number of pyridine rings is 1. The van der Waals surface area contributed by atoms with E-state index in [1.807, 2.05) is 0 Å². The lowest BCUT2D eigenvalue weighted by Crippen LogP contribution is -2.19. The van der Waals surface area contributed by atoms with Crippen molar-refractivity contribution in [1.29, 1.82) is 0 Å². The maximum absolute atomic E-state index is 15.4. The molecular formula is C29H16ClF6NO5S. The summed E-state index contributed by atoms with van der Waals surface area (Å²) in [4.78, 5) is 12.2. The minimum Gasteiger partial charge on any atom is -0.495 e. The van der Waals surface area contributed by atoms with Crippen LogP contribution in [0.25, 0.3) is 27.7 Å². The van der Waals surface area contributed by atoms with E-state index in [0.717, 1.165) is 34.9 Å². The van der Waals surface area contributed by atoms with E-state index in [1.165, 1.54) is 25.3 Å². The van der Waals surface area contributed by atoms with Crippen LogP contribution in [0.15, 0.2) is 70.4 Å². The van der Waals surface area contributed by atoms with Gasteiger partial charge in [0.2, 0.25) is 34.8 Å². The quantitative estimate of drug-likeness (QED) is 0.0848. The number of methoxy groups -OCH3 is 1. The summed E-state index contributed by atoms with van der Waals surface area (Å²) in [7, 11) is -3.74. The minimum atomic E-state index is -5.15. The summed E-state index contributed by atoms with van der Waals surface area (Å²) in [5, 5.41) is 0.398. The number of ether oxygens (including phenoxy) is 1. The SMILES string of the molecule is COc1cc(-c2cc(C)c(-n3c(=O)ccc4cc(S(=O)(=O)Oc5c(F)c(F)c(F)c(F)c5F)ccc43)cc2F)ccc1Cl. The Kier molecular flexibility index (Phi) is 7.65. The predicted molar refractivity (Wildman–Crippen MR) is 145 cm³/mol. The first-order chi connectivity index (χ1) is 20.2. The molecule has 0 saturated heterocycles. The second-order valence-corrected chi connectivity index (χ2v) is 11.1. The summed E-state index contributed by atoms with van der Waals surface area (Å²) in [5.41, 5.74) is 0.693. The number of halogens is 7. The van der Waals surface area contributed by atoms with Crippen LogP contribution < -0.4 is 14.5 Å². The fourth-order valence-electron chi connectivity index (χ4n) is 4.40. The first kappa shape index (κ1) is 30.0. The molecule has 4 aromatic carbocycles. The van der Waals surface area contributed by atoms with Crippen molar-refractivity contribution in [3.63, 3.8) is 0 Å². The van der Waals surface area contributed by atoms with E-state index in [1.54, 1.807) is 19.1 Å². The Morgan fingerprint density at radius 3 is 2.09 bits per heavy atom. The molecule has 0 atom stereocenters. The van der Waals surface area contributed by atoms with Gasteiger partial charge >= 0.3 is 10.1 Å². The van der Waals surface area contributed by atoms with Crippen molar-refractivity contribution >= 4 is 32.6 Å². The largest absolute Gasteiger partial charge is 0.495 e. The lowest BCUT2D eigenvalue weighted by atomic mass is 10.0.